The fraction of sp³-hybridized carbons (Fsp3) is 0.270. The van der Waals surface area contributed by atoms with Crippen LogP contribution in [-0.2, 0) is 4.79 Å². The maximum absolute atomic E-state index is 14.4. The third-order valence-corrected chi connectivity index (χ3v) is 8.80. The van der Waals surface area contributed by atoms with Gasteiger partial charge in [-0.25, -0.2) is 0 Å². The quantitative estimate of drug-likeness (QED) is 0.227. The van der Waals surface area contributed by atoms with Crippen molar-refractivity contribution in [2.75, 3.05) is 30.0 Å². The van der Waals surface area contributed by atoms with E-state index in [1.807, 2.05) is 83.8 Å². The van der Waals surface area contributed by atoms with E-state index in [0.29, 0.717) is 29.8 Å². The van der Waals surface area contributed by atoms with Gasteiger partial charge in [0.1, 0.15) is 11.5 Å². The van der Waals surface area contributed by atoms with E-state index in [2.05, 4.69) is 43.0 Å². The van der Waals surface area contributed by atoms with Gasteiger partial charge in [0.05, 0.1) is 30.4 Å². The first-order valence-corrected chi connectivity index (χ1v) is 15.1. The van der Waals surface area contributed by atoms with Crippen molar-refractivity contribution >= 4 is 34.5 Å². The predicted octanol–water partition coefficient (Wildman–Crippen LogP) is 7.78. The lowest BCUT2D eigenvalue weighted by Crippen LogP contribution is -2.45. The van der Waals surface area contributed by atoms with Gasteiger partial charge in [-0.3, -0.25) is 19.5 Å². The van der Waals surface area contributed by atoms with Gasteiger partial charge < -0.3 is 9.64 Å². The monoisotopic (exact) mass is 571 g/mol. The van der Waals surface area contributed by atoms with Crippen LogP contribution in [0.3, 0.4) is 0 Å². The lowest BCUT2D eigenvalue weighted by atomic mass is 9.72. The highest BCUT2D eigenvalue weighted by Crippen LogP contribution is 2.48. The number of amides is 1. The first-order valence-electron chi connectivity index (χ1n) is 15.1. The van der Waals surface area contributed by atoms with E-state index in [1.165, 1.54) is 0 Å². The summed E-state index contributed by atoms with van der Waals surface area (Å²) in [4.78, 5) is 38.1. The number of para-hydroxylation sites is 2. The molecule has 4 aromatic rings. The van der Waals surface area contributed by atoms with Crippen LogP contribution in [0.2, 0.25) is 0 Å². The fourth-order valence-electron chi connectivity index (χ4n) is 6.58. The van der Waals surface area contributed by atoms with Gasteiger partial charge in [-0.2, -0.15) is 0 Å². The average molecular weight is 572 g/mol. The SMILES string of the molecule is CCN(CC)c1ccc(C2C3C(=O)CC(c4ccc(OC)cc4)CC3=Nc3ccccc3N2C(=O)c2ccccc2)cc1. The van der Waals surface area contributed by atoms with Crippen LogP contribution in [0.15, 0.2) is 108 Å². The van der Waals surface area contributed by atoms with E-state index in [4.69, 9.17) is 9.73 Å². The Kier molecular flexibility index (Phi) is 8.10. The number of ketones is 1. The summed E-state index contributed by atoms with van der Waals surface area (Å²) in [6.45, 7) is 6.08. The zero-order valence-corrected chi connectivity index (χ0v) is 24.9. The minimum absolute atomic E-state index is 0.00244. The van der Waals surface area contributed by atoms with Gasteiger partial charge in [-0.1, -0.05) is 54.6 Å². The molecule has 1 heterocycles. The number of aliphatic imine (C=N–C) groups is 1. The van der Waals surface area contributed by atoms with E-state index in [9.17, 15) is 9.59 Å². The fourth-order valence-corrected chi connectivity index (χ4v) is 6.58. The van der Waals surface area contributed by atoms with Gasteiger partial charge in [0.15, 0.2) is 0 Å². The molecule has 3 unspecified atom stereocenters. The average Bonchev–Trinajstić information content (AvgIpc) is 3.20. The molecule has 1 aliphatic heterocycles. The summed E-state index contributed by atoms with van der Waals surface area (Å²) in [6.07, 6.45) is 1.02. The molecule has 0 spiro atoms. The lowest BCUT2D eigenvalue weighted by Gasteiger charge is -2.39. The van der Waals surface area contributed by atoms with Gasteiger partial charge >= 0.3 is 0 Å². The highest BCUT2D eigenvalue weighted by atomic mass is 16.5. The van der Waals surface area contributed by atoms with Crippen molar-refractivity contribution in [3.63, 3.8) is 0 Å². The second-order valence-corrected chi connectivity index (χ2v) is 11.2. The maximum Gasteiger partial charge on any atom is 0.258 e. The first kappa shape index (κ1) is 28.4. The molecule has 1 amide bonds. The molecule has 0 bridgehead atoms. The maximum atomic E-state index is 14.4. The molecule has 43 heavy (non-hydrogen) atoms. The number of benzene rings is 4. The van der Waals surface area contributed by atoms with Crippen molar-refractivity contribution in [1.82, 2.24) is 0 Å². The molecule has 1 fully saturated rings. The summed E-state index contributed by atoms with van der Waals surface area (Å²) < 4.78 is 5.36. The molecular formula is C37H37N3O3. The normalized spacial score (nSPS) is 19.5. The van der Waals surface area contributed by atoms with E-state index >= 15 is 0 Å². The van der Waals surface area contributed by atoms with Crippen LogP contribution in [0.4, 0.5) is 17.1 Å². The second kappa shape index (κ2) is 12.3. The van der Waals surface area contributed by atoms with Crippen LogP contribution in [0.25, 0.3) is 0 Å². The molecule has 0 saturated heterocycles. The molecule has 6 rings (SSSR count). The van der Waals surface area contributed by atoms with Crippen LogP contribution in [-0.4, -0.2) is 37.6 Å². The van der Waals surface area contributed by atoms with Crippen LogP contribution < -0.4 is 14.5 Å². The third-order valence-electron chi connectivity index (χ3n) is 8.80. The van der Waals surface area contributed by atoms with E-state index < -0.39 is 12.0 Å². The Labute approximate surface area is 253 Å². The largest absolute Gasteiger partial charge is 0.497 e. The Hall–Kier alpha value is -4.71. The van der Waals surface area contributed by atoms with Crippen molar-refractivity contribution in [3.8, 4) is 5.75 Å². The van der Waals surface area contributed by atoms with Crippen LogP contribution in [0.1, 0.15) is 60.1 Å². The minimum Gasteiger partial charge on any atom is -0.497 e. The van der Waals surface area contributed by atoms with Gasteiger partial charge in [0.2, 0.25) is 0 Å². The van der Waals surface area contributed by atoms with Crippen LogP contribution in [0, 0.1) is 5.92 Å². The first-order chi connectivity index (χ1) is 21.0. The molecule has 218 valence electrons. The number of rotatable bonds is 7. The number of ether oxygens (including phenoxy) is 1. The molecule has 0 N–H and O–H groups in total. The van der Waals surface area contributed by atoms with Gasteiger partial charge in [-0.05, 0) is 85.8 Å². The summed E-state index contributed by atoms with van der Waals surface area (Å²) in [5.74, 6) is 0.180. The number of Topliss-reactive ketones (excluding diaryl/α,β-unsaturated/α-hetero) is 1. The highest BCUT2D eigenvalue weighted by Gasteiger charge is 2.46. The molecule has 0 aromatic heterocycles. The van der Waals surface area contributed by atoms with Crippen molar-refractivity contribution in [1.29, 1.82) is 0 Å². The molecule has 4 aromatic carbocycles. The summed E-state index contributed by atoms with van der Waals surface area (Å²) in [7, 11) is 1.65. The van der Waals surface area contributed by atoms with Crippen molar-refractivity contribution < 1.29 is 14.3 Å². The molecule has 1 saturated carbocycles. The Morgan fingerprint density at radius 1 is 0.837 bits per heavy atom. The number of fused-ring (bicyclic) bond motifs is 2. The zero-order valence-electron chi connectivity index (χ0n) is 24.9. The van der Waals surface area contributed by atoms with Gasteiger partial charge in [-0.15, -0.1) is 0 Å². The van der Waals surface area contributed by atoms with Gasteiger partial charge in [0.25, 0.3) is 5.91 Å². The molecule has 2 aliphatic rings. The summed E-state index contributed by atoms with van der Waals surface area (Å²) in [5, 5.41) is 0. The predicted molar refractivity (Wildman–Crippen MR) is 173 cm³/mol. The van der Waals surface area contributed by atoms with Crippen molar-refractivity contribution in [3.05, 3.63) is 120 Å². The second-order valence-electron chi connectivity index (χ2n) is 11.2. The summed E-state index contributed by atoms with van der Waals surface area (Å²) >= 11 is 0. The third kappa shape index (κ3) is 5.45. The van der Waals surface area contributed by atoms with Crippen molar-refractivity contribution in [2.24, 2.45) is 10.9 Å². The molecular weight excluding hydrogens is 534 g/mol. The van der Waals surface area contributed by atoms with E-state index in [0.717, 1.165) is 41.4 Å². The van der Waals surface area contributed by atoms with Crippen LogP contribution in [0.5, 0.6) is 5.75 Å². The standard InChI is InChI=1S/C37H37N3O3/c1-4-39(5-2)29-19-15-26(16-20-29)36-35-32(23-28(24-34(35)41)25-17-21-30(43-3)22-18-25)38-31-13-9-10-14-33(31)40(36)37(42)27-11-7-6-8-12-27/h6-22,28,35-36H,4-5,23-24H2,1-3H3. The Balaban J connectivity index is 1.49. The number of carbonyl (C=O) groups is 2. The Morgan fingerprint density at radius 3 is 2.16 bits per heavy atom. The molecule has 3 atom stereocenters. The van der Waals surface area contributed by atoms with E-state index in [1.54, 1.807) is 7.11 Å². The molecule has 6 nitrogen and oxygen atoms in total. The Morgan fingerprint density at radius 2 is 1.49 bits per heavy atom. The number of nitrogens with zero attached hydrogens (tertiary/aromatic N) is 3. The topological polar surface area (TPSA) is 62.2 Å². The minimum atomic E-state index is -0.561. The number of anilines is 2. The van der Waals surface area contributed by atoms with Gasteiger partial charge in [0, 0.05) is 36.5 Å². The zero-order chi connectivity index (χ0) is 29.9. The smallest absolute Gasteiger partial charge is 0.258 e. The molecule has 1 aliphatic carbocycles. The summed E-state index contributed by atoms with van der Waals surface area (Å²) in [5.41, 5.74) is 5.95. The highest BCUT2D eigenvalue weighted by molar-refractivity contribution is 6.15. The summed E-state index contributed by atoms with van der Waals surface area (Å²) in [6, 6.07) is 32.9. The Bertz CT molecular complexity index is 1630. The number of hydrogen-bond acceptors (Lipinski definition) is 5. The molecule has 0 radical (unpaired) electrons. The lowest BCUT2D eigenvalue weighted by molar-refractivity contribution is -0.122. The molecule has 6 heteroatoms. The number of methoxy groups -OCH3 is 1. The van der Waals surface area contributed by atoms with Crippen molar-refractivity contribution in [2.45, 2.75) is 38.6 Å². The van der Waals surface area contributed by atoms with Crippen LogP contribution >= 0.6 is 0 Å². The number of hydrogen-bond donors (Lipinski definition) is 0. The van der Waals surface area contributed by atoms with E-state index in [-0.39, 0.29) is 17.6 Å². The number of carbonyl (C=O) groups excluding carboxylic acids is 2.